The monoisotopic (exact) mass is 311 g/mol. The molecule has 1 unspecified atom stereocenters. The van der Waals surface area contributed by atoms with Gasteiger partial charge in [-0.2, -0.15) is 5.10 Å². The predicted molar refractivity (Wildman–Crippen MR) is 69.3 cm³/mol. The second kappa shape index (κ2) is 4.77. The number of nitrogens with zero attached hydrogens (tertiary/aromatic N) is 2. The van der Waals surface area contributed by atoms with Crippen molar-refractivity contribution in [3.05, 3.63) is 28.7 Å². The van der Waals surface area contributed by atoms with Gasteiger partial charge in [0.25, 0.3) is 0 Å². The number of primary amides is 1. The molecule has 0 radical (unpaired) electrons. The van der Waals surface area contributed by atoms with Crippen LogP contribution in [0.25, 0.3) is 0 Å². The fraction of sp³-hybridized carbons (Fsp3) is 0.182. The molecule has 2 rings (SSSR count). The molecule has 1 aliphatic rings. The molecule has 1 atom stereocenters. The molecule has 7 heteroatoms. The molecule has 1 amide bonds. The first-order valence-corrected chi connectivity index (χ1v) is 5.93. The molecule has 1 aliphatic heterocycles. The van der Waals surface area contributed by atoms with Gasteiger partial charge in [0, 0.05) is 10.9 Å². The summed E-state index contributed by atoms with van der Waals surface area (Å²) >= 11 is 3.29. The minimum Gasteiger partial charge on any atom is -0.477 e. The van der Waals surface area contributed by atoms with Crippen molar-refractivity contribution < 1.29 is 14.7 Å². The molecule has 18 heavy (non-hydrogen) atoms. The Morgan fingerprint density at radius 1 is 1.39 bits per heavy atom. The van der Waals surface area contributed by atoms with Crippen LogP contribution in [0.2, 0.25) is 0 Å². The molecule has 1 aromatic rings. The summed E-state index contributed by atoms with van der Waals surface area (Å²) in [5.41, 5.74) is 5.82. The minimum absolute atomic E-state index is 0.0146. The molecule has 1 heterocycles. The summed E-state index contributed by atoms with van der Waals surface area (Å²) in [5.74, 6) is -1.74. The normalized spacial score (nSPS) is 18.6. The van der Waals surface area contributed by atoms with Gasteiger partial charge in [-0.05, 0) is 24.3 Å². The lowest BCUT2D eigenvalue weighted by Crippen LogP contribution is -2.39. The number of carbonyl (C=O) groups is 2. The molecule has 6 nitrogen and oxygen atoms in total. The zero-order valence-corrected chi connectivity index (χ0v) is 10.8. The minimum atomic E-state index is -1.14. The Bertz CT molecular complexity index is 527. The van der Waals surface area contributed by atoms with E-state index < -0.39 is 17.9 Å². The number of halogens is 1. The van der Waals surface area contributed by atoms with Gasteiger partial charge in [0.05, 0.1) is 5.69 Å². The highest BCUT2D eigenvalue weighted by atomic mass is 79.9. The first kappa shape index (κ1) is 12.6. The molecule has 0 bridgehead atoms. The van der Waals surface area contributed by atoms with Crippen molar-refractivity contribution in [1.29, 1.82) is 0 Å². The van der Waals surface area contributed by atoms with E-state index >= 15 is 0 Å². The number of carbonyl (C=O) groups excluding carboxylic acids is 1. The van der Waals surface area contributed by atoms with E-state index in [4.69, 9.17) is 10.8 Å². The lowest BCUT2D eigenvalue weighted by molar-refractivity contribution is -0.129. The first-order chi connectivity index (χ1) is 8.49. The van der Waals surface area contributed by atoms with Crippen LogP contribution in [0.5, 0.6) is 0 Å². The Morgan fingerprint density at radius 2 is 2.00 bits per heavy atom. The van der Waals surface area contributed by atoms with Gasteiger partial charge in [-0.15, -0.1) is 0 Å². The number of hydrazone groups is 1. The number of hydrogen-bond donors (Lipinski definition) is 2. The fourth-order valence-corrected chi connectivity index (χ4v) is 1.96. The third kappa shape index (κ3) is 2.35. The van der Waals surface area contributed by atoms with Crippen LogP contribution in [0.3, 0.4) is 0 Å². The molecule has 94 valence electrons. The maximum Gasteiger partial charge on any atom is 0.352 e. The number of aliphatic carboxylic acids is 1. The number of amides is 1. The van der Waals surface area contributed by atoms with Crippen molar-refractivity contribution in [3.63, 3.8) is 0 Å². The summed E-state index contributed by atoms with van der Waals surface area (Å²) in [6.07, 6.45) is 0.0146. The largest absolute Gasteiger partial charge is 0.477 e. The fourth-order valence-electron chi connectivity index (χ4n) is 1.69. The van der Waals surface area contributed by atoms with Gasteiger partial charge in [0.15, 0.2) is 0 Å². The van der Waals surface area contributed by atoms with Crippen LogP contribution in [0, 0.1) is 0 Å². The molecule has 0 saturated carbocycles. The molecule has 3 N–H and O–H groups in total. The Labute approximate surface area is 111 Å². The van der Waals surface area contributed by atoms with E-state index in [2.05, 4.69) is 21.0 Å². The molecule has 0 spiro atoms. The van der Waals surface area contributed by atoms with Gasteiger partial charge in [0.1, 0.15) is 11.8 Å². The Morgan fingerprint density at radius 3 is 2.50 bits per heavy atom. The van der Waals surface area contributed by atoms with Crippen LogP contribution in [0.15, 0.2) is 33.8 Å². The third-order valence-electron chi connectivity index (χ3n) is 2.58. The summed E-state index contributed by atoms with van der Waals surface area (Å²) < 4.78 is 0.878. The number of rotatable bonds is 3. The Kier molecular flexibility index (Phi) is 3.33. The summed E-state index contributed by atoms with van der Waals surface area (Å²) in [4.78, 5) is 22.2. The van der Waals surface area contributed by atoms with Crippen molar-refractivity contribution in [1.82, 2.24) is 0 Å². The van der Waals surface area contributed by atoms with Gasteiger partial charge >= 0.3 is 5.97 Å². The van der Waals surface area contributed by atoms with Gasteiger partial charge in [-0.1, -0.05) is 15.9 Å². The van der Waals surface area contributed by atoms with Crippen LogP contribution >= 0.6 is 15.9 Å². The highest BCUT2D eigenvalue weighted by molar-refractivity contribution is 9.10. The van der Waals surface area contributed by atoms with Crippen LogP contribution in [-0.4, -0.2) is 28.7 Å². The lowest BCUT2D eigenvalue weighted by atomic mass is 10.1. The van der Waals surface area contributed by atoms with E-state index in [-0.39, 0.29) is 12.1 Å². The van der Waals surface area contributed by atoms with Crippen LogP contribution in [0.4, 0.5) is 5.69 Å². The Hall–Kier alpha value is -1.89. The maximum atomic E-state index is 11.3. The number of anilines is 1. The molecular formula is C11H10BrN3O3. The SMILES string of the molecule is NC(=O)C1CC(C(=O)O)=NN1c1ccc(Br)cc1. The van der Waals surface area contributed by atoms with Crippen LogP contribution < -0.4 is 10.7 Å². The lowest BCUT2D eigenvalue weighted by Gasteiger charge is -2.20. The second-order valence-electron chi connectivity index (χ2n) is 3.80. The molecule has 0 aromatic heterocycles. The average molecular weight is 312 g/mol. The summed E-state index contributed by atoms with van der Waals surface area (Å²) in [6.45, 7) is 0. The van der Waals surface area contributed by atoms with Crippen molar-refractivity contribution in [3.8, 4) is 0 Å². The van der Waals surface area contributed by atoms with E-state index in [9.17, 15) is 9.59 Å². The number of carboxylic acids is 1. The first-order valence-electron chi connectivity index (χ1n) is 5.14. The van der Waals surface area contributed by atoms with Crippen LogP contribution in [0.1, 0.15) is 6.42 Å². The number of nitrogens with two attached hydrogens (primary N) is 1. The summed E-state index contributed by atoms with van der Waals surface area (Å²) in [6, 6.07) is 6.27. The van der Waals surface area contributed by atoms with Gasteiger partial charge in [-0.25, -0.2) is 4.79 Å². The van der Waals surface area contributed by atoms with E-state index in [0.29, 0.717) is 5.69 Å². The number of carboxylic acid groups (broad SMARTS) is 1. The van der Waals surface area contributed by atoms with E-state index in [1.807, 2.05) is 0 Å². The van der Waals surface area contributed by atoms with Crippen LogP contribution in [-0.2, 0) is 9.59 Å². The highest BCUT2D eigenvalue weighted by Gasteiger charge is 2.34. The molecule has 1 aromatic carbocycles. The standard InChI is InChI=1S/C11H10BrN3O3/c12-6-1-3-7(4-2-6)15-9(10(13)16)5-8(14-15)11(17)18/h1-4,9H,5H2,(H2,13,16)(H,17,18). The van der Waals surface area contributed by atoms with Crippen molar-refractivity contribution in [2.45, 2.75) is 12.5 Å². The quantitative estimate of drug-likeness (QED) is 0.868. The highest BCUT2D eigenvalue weighted by Crippen LogP contribution is 2.26. The van der Waals surface area contributed by atoms with Gasteiger partial charge in [-0.3, -0.25) is 9.80 Å². The average Bonchev–Trinajstić information content (AvgIpc) is 2.75. The predicted octanol–water partition coefficient (Wildman–Crippen LogP) is 0.954. The molecule has 0 saturated heterocycles. The molecular weight excluding hydrogens is 302 g/mol. The summed E-state index contributed by atoms with van der Waals surface area (Å²) in [5, 5.41) is 14.2. The van der Waals surface area contributed by atoms with Crippen molar-refractivity contribution in [2.24, 2.45) is 10.8 Å². The van der Waals surface area contributed by atoms with E-state index in [1.54, 1.807) is 24.3 Å². The second-order valence-corrected chi connectivity index (χ2v) is 4.71. The number of benzene rings is 1. The molecule has 0 fully saturated rings. The maximum absolute atomic E-state index is 11.3. The van der Waals surface area contributed by atoms with E-state index in [1.165, 1.54) is 5.01 Å². The smallest absolute Gasteiger partial charge is 0.352 e. The zero-order valence-electron chi connectivity index (χ0n) is 9.21. The van der Waals surface area contributed by atoms with Gasteiger partial charge in [0.2, 0.25) is 5.91 Å². The summed E-state index contributed by atoms with van der Waals surface area (Å²) in [7, 11) is 0. The number of hydrogen-bond acceptors (Lipinski definition) is 4. The van der Waals surface area contributed by atoms with Crippen molar-refractivity contribution in [2.75, 3.05) is 5.01 Å². The van der Waals surface area contributed by atoms with Crippen molar-refractivity contribution >= 4 is 39.2 Å². The van der Waals surface area contributed by atoms with E-state index in [0.717, 1.165) is 4.47 Å². The van der Waals surface area contributed by atoms with Gasteiger partial charge < -0.3 is 10.8 Å². The Balaban J connectivity index is 2.36. The molecule has 0 aliphatic carbocycles. The third-order valence-corrected chi connectivity index (χ3v) is 3.11. The zero-order chi connectivity index (χ0) is 13.3. The topological polar surface area (TPSA) is 96.0 Å².